The average Bonchev–Trinajstić information content (AvgIpc) is 2.76. The molecule has 4 nitrogen and oxygen atoms in total. The first-order valence-electron chi connectivity index (χ1n) is 10.1. The third-order valence-corrected chi connectivity index (χ3v) is 6.11. The maximum atomic E-state index is 13.4. The number of rotatable bonds is 5. The summed E-state index contributed by atoms with van der Waals surface area (Å²) >= 11 is 0. The maximum Gasteiger partial charge on any atom is 0.162 e. The first-order chi connectivity index (χ1) is 14.1. The molecule has 1 aliphatic rings. The number of aromatic nitrogens is 1. The Morgan fingerprint density at radius 2 is 1.76 bits per heavy atom. The minimum atomic E-state index is -0.815. The standard InChI is InChI=1S/C25H25N3O/c1-25(13-15-28(16-14-25)18-19-7-3-2-4-8-19)24(29)21(17-26)23-12-11-20-9-5-6-10-22(20)27-23/h2-12,21H,13-16,18H2,1H3. The Bertz CT molecular complexity index is 1050. The van der Waals surface area contributed by atoms with Gasteiger partial charge in [0.2, 0.25) is 0 Å². The van der Waals surface area contributed by atoms with Crippen LogP contribution in [0.2, 0.25) is 0 Å². The molecule has 0 amide bonds. The summed E-state index contributed by atoms with van der Waals surface area (Å²) in [5.41, 5.74) is 2.18. The van der Waals surface area contributed by atoms with Gasteiger partial charge < -0.3 is 0 Å². The van der Waals surface area contributed by atoms with E-state index in [1.54, 1.807) is 0 Å². The van der Waals surface area contributed by atoms with E-state index < -0.39 is 11.3 Å². The van der Waals surface area contributed by atoms with Gasteiger partial charge in [0.25, 0.3) is 0 Å². The molecular weight excluding hydrogens is 358 g/mol. The highest BCUT2D eigenvalue weighted by Gasteiger charge is 2.41. The van der Waals surface area contributed by atoms with Gasteiger partial charge in [-0.2, -0.15) is 5.26 Å². The quantitative estimate of drug-likeness (QED) is 0.640. The van der Waals surface area contributed by atoms with Gasteiger partial charge in [-0.05, 0) is 43.6 Å². The Balaban J connectivity index is 1.48. The van der Waals surface area contributed by atoms with E-state index in [1.807, 2.05) is 49.4 Å². The third kappa shape index (κ3) is 4.06. The average molecular weight is 383 g/mol. The molecule has 0 spiro atoms. The predicted molar refractivity (Wildman–Crippen MR) is 114 cm³/mol. The molecule has 1 saturated heterocycles. The van der Waals surface area contributed by atoms with Crippen molar-refractivity contribution >= 4 is 16.7 Å². The monoisotopic (exact) mass is 383 g/mol. The summed E-state index contributed by atoms with van der Waals surface area (Å²) in [6.45, 7) is 4.64. The lowest BCUT2D eigenvalue weighted by Crippen LogP contribution is -2.44. The fraction of sp³-hybridized carbons (Fsp3) is 0.320. The van der Waals surface area contributed by atoms with E-state index in [2.05, 4.69) is 40.2 Å². The highest BCUT2D eigenvalue weighted by atomic mass is 16.1. The van der Waals surface area contributed by atoms with Crippen molar-refractivity contribution in [2.75, 3.05) is 13.1 Å². The molecule has 2 heterocycles. The number of carbonyl (C=O) groups is 1. The fourth-order valence-electron chi connectivity index (χ4n) is 4.14. The van der Waals surface area contributed by atoms with E-state index >= 15 is 0 Å². The van der Waals surface area contributed by atoms with Crippen LogP contribution in [0.15, 0.2) is 66.7 Å². The molecule has 0 aliphatic carbocycles. The maximum absolute atomic E-state index is 13.4. The second-order valence-electron chi connectivity index (χ2n) is 8.18. The zero-order valence-corrected chi connectivity index (χ0v) is 16.7. The topological polar surface area (TPSA) is 57.0 Å². The second kappa shape index (κ2) is 8.14. The van der Waals surface area contributed by atoms with Crippen LogP contribution in [-0.2, 0) is 11.3 Å². The molecule has 0 radical (unpaired) electrons. The van der Waals surface area contributed by atoms with Crippen LogP contribution < -0.4 is 0 Å². The molecule has 1 fully saturated rings. The minimum Gasteiger partial charge on any atom is -0.299 e. The number of nitriles is 1. The molecule has 2 aromatic carbocycles. The number of Topliss-reactive ketones (excluding diaryl/α,β-unsaturated/α-hetero) is 1. The molecule has 0 saturated carbocycles. The van der Waals surface area contributed by atoms with Crippen molar-refractivity contribution in [1.29, 1.82) is 5.26 Å². The number of hydrogen-bond donors (Lipinski definition) is 0. The first kappa shape index (κ1) is 19.3. The van der Waals surface area contributed by atoms with E-state index in [4.69, 9.17) is 0 Å². The van der Waals surface area contributed by atoms with E-state index in [0.717, 1.165) is 43.4 Å². The van der Waals surface area contributed by atoms with Crippen molar-refractivity contribution < 1.29 is 4.79 Å². The lowest BCUT2D eigenvalue weighted by atomic mass is 9.72. The molecule has 3 aromatic rings. The zero-order valence-electron chi connectivity index (χ0n) is 16.7. The molecule has 1 aliphatic heterocycles. The number of ketones is 1. The van der Waals surface area contributed by atoms with Crippen molar-refractivity contribution in [3.05, 3.63) is 78.0 Å². The van der Waals surface area contributed by atoms with Crippen molar-refractivity contribution in [2.45, 2.75) is 32.2 Å². The summed E-state index contributed by atoms with van der Waals surface area (Å²) in [7, 11) is 0. The molecule has 1 unspecified atom stereocenters. The summed E-state index contributed by atoms with van der Waals surface area (Å²) < 4.78 is 0. The molecule has 1 atom stereocenters. The van der Waals surface area contributed by atoms with Crippen LogP contribution in [0.3, 0.4) is 0 Å². The van der Waals surface area contributed by atoms with Gasteiger partial charge in [-0.25, -0.2) is 0 Å². The van der Waals surface area contributed by atoms with Crippen LogP contribution in [0.4, 0.5) is 0 Å². The van der Waals surface area contributed by atoms with Crippen LogP contribution in [0, 0.1) is 16.7 Å². The number of likely N-dealkylation sites (tertiary alicyclic amines) is 1. The van der Waals surface area contributed by atoms with Crippen LogP contribution in [0.5, 0.6) is 0 Å². The lowest BCUT2D eigenvalue weighted by molar-refractivity contribution is -0.131. The number of hydrogen-bond acceptors (Lipinski definition) is 4. The number of para-hydroxylation sites is 1. The molecule has 0 bridgehead atoms. The molecule has 29 heavy (non-hydrogen) atoms. The summed E-state index contributed by atoms with van der Waals surface area (Å²) in [5, 5.41) is 10.8. The number of piperidine rings is 1. The summed E-state index contributed by atoms with van der Waals surface area (Å²) in [5.74, 6) is -0.813. The van der Waals surface area contributed by atoms with Gasteiger partial charge in [-0.3, -0.25) is 14.7 Å². The van der Waals surface area contributed by atoms with E-state index in [-0.39, 0.29) is 5.78 Å². The van der Waals surface area contributed by atoms with E-state index in [0.29, 0.717) is 5.69 Å². The number of nitrogens with zero attached hydrogens (tertiary/aromatic N) is 3. The van der Waals surface area contributed by atoms with Crippen molar-refractivity contribution in [2.24, 2.45) is 5.41 Å². The Morgan fingerprint density at radius 1 is 1.07 bits per heavy atom. The zero-order chi connectivity index (χ0) is 20.3. The highest BCUT2D eigenvalue weighted by Crippen LogP contribution is 2.37. The number of carbonyl (C=O) groups excluding carboxylic acids is 1. The fourth-order valence-corrected chi connectivity index (χ4v) is 4.14. The Labute approximate surface area is 171 Å². The third-order valence-electron chi connectivity index (χ3n) is 6.11. The Kier molecular flexibility index (Phi) is 5.42. The largest absolute Gasteiger partial charge is 0.299 e. The van der Waals surface area contributed by atoms with Crippen LogP contribution in [0.25, 0.3) is 10.9 Å². The molecule has 4 rings (SSSR count). The predicted octanol–water partition coefficient (Wildman–Crippen LogP) is 4.71. The van der Waals surface area contributed by atoms with Gasteiger partial charge in [-0.15, -0.1) is 0 Å². The first-order valence-corrected chi connectivity index (χ1v) is 10.1. The molecule has 1 aromatic heterocycles. The van der Waals surface area contributed by atoms with Gasteiger partial charge >= 0.3 is 0 Å². The lowest BCUT2D eigenvalue weighted by Gasteiger charge is -2.39. The molecular formula is C25H25N3O. The SMILES string of the molecule is CC1(C(=O)C(C#N)c2ccc3ccccc3n2)CCN(Cc2ccccc2)CC1. The van der Waals surface area contributed by atoms with Crippen LogP contribution in [0.1, 0.15) is 36.9 Å². The second-order valence-corrected chi connectivity index (χ2v) is 8.18. The van der Waals surface area contributed by atoms with Crippen LogP contribution in [-0.4, -0.2) is 28.8 Å². The highest BCUT2D eigenvalue weighted by molar-refractivity contribution is 5.93. The van der Waals surface area contributed by atoms with Gasteiger partial charge in [0.1, 0.15) is 5.92 Å². The van der Waals surface area contributed by atoms with E-state index in [1.165, 1.54) is 5.56 Å². The number of fused-ring (bicyclic) bond motifs is 1. The minimum absolute atomic E-state index is 0.00198. The molecule has 0 N–H and O–H groups in total. The summed E-state index contributed by atoms with van der Waals surface area (Å²) in [6, 6.07) is 24.2. The van der Waals surface area contributed by atoms with Gasteiger partial charge in [-0.1, -0.05) is 61.5 Å². The van der Waals surface area contributed by atoms with Crippen molar-refractivity contribution in [1.82, 2.24) is 9.88 Å². The van der Waals surface area contributed by atoms with Gasteiger partial charge in [0.05, 0.1) is 17.3 Å². The summed E-state index contributed by atoms with van der Waals surface area (Å²) in [4.78, 5) is 20.4. The van der Waals surface area contributed by atoms with Crippen molar-refractivity contribution in [3.63, 3.8) is 0 Å². The molecule has 4 heteroatoms. The van der Waals surface area contributed by atoms with Gasteiger partial charge in [0.15, 0.2) is 5.78 Å². The normalized spacial score (nSPS) is 17.5. The Morgan fingerprint density at radius 3 is 2.48 bits per heavy atom. The summed E-state index contributed by atoms with van der Waals surface area (Å²) in [6.07, 6.45) is 1.54. The number of benzene rings is 2. The van der Waals surface area contributed by atoms with E-state index in [9.17, 15) is 10.1 Å². The van der Waals surface area contributed by atoms with Gasteiger partial charge in [0, 0.05) is 17.3 Å². The molecule has 146 valence electrons. The van der Waals surface area contributed by atoms with Crippen LogP contribution >= 0.6 is 0 Å². The smallest absolute Gasteiger partial charge is 0.162 e. The van der Waals surface area contributed by atoms with Crippen molar-refractivity contribution in [3.8, 4) is 6.07 Å². The number of pyridine rings is 1. The Hall–Kier alpha value is -3.03.